The van der Waals surface area contributed by atoms with Crippen molar-refractivity contribution in [2.45, 2.75) is 32.4 Å². The number of carbonyl (C=O) groups is 1. The predicted octanol–water partition coefficient (Wildman–Crippen LogP) is 2.62. The molecule has 2 heterocycles. The number of hydrogen-bond acceptors (Lipinski definition) is 3. The highest BCUT2D eigenvalue weighted by Gasteiger charge is 2.23. The highest BCUT2D eigenvalue weighted by atomic mass is 79.9. The lowest BCUT2D eigenvalue weighted by Gasteiger charge is -2.14. The first-order valence-electron chi connectivity index (χ1n) is 6.75. The third-order valence-corrected chi connectivity index (χ3v) is 4.38. The lowest BCUT2D eigenvalue weighted by molar-refractivity contribution is 0.0936. The minimum absolute atomic E-state index is 0.168. The number of halogens is 2. The van der Waals surface area contributed by atoms with Crippen LogP contribution in [0.1, 0.15) is 41.4 Å². The number of nitrogens with one attached hydrogen (secondary N) is 1. The molecule has 0 spiro atoms. The largest absolute Gasteiger partial charge is 0.342 e. The summed E-state index contributed by atoms with van der Waals surface area (Å²) in [5.74, 6) is 0.893. The molecule has 0 saturated heterocycles. The maximum atomic E-state index is 13.5. The van der Waals surface area contributed by atoms with Gasteiger partial charge in [-0.05, 0) is 41.4 Å². The predicted molar refractivity (Wildman–Crippen MR) is 78.3 cm³/mol. The summed E-state index contributed by atoms with van der Waals surface area (Å²) in [5, 5.41) is 11.1. The van der Waals surface area contributed by atoms with Crippen molar-refractivity contribution in [3.63, 3.8) is 0 Å². The summed E-state index contributed by atoms with van der Waals surface area (Å²) < 4.78 is 15.7. The Morgan fingerprint density at radius 2 is 2.29 bits per heavy atom. The second kappa shape index (κ2) is 5.55. The summed E-state index contributed by atoms with van der Waals surface area (Å²) in [6.45, 7) is 2.72. The van der Waals surface area contributed by atoms with Gasteiger partial charge >= 0.3 is 0 Å². The zero-order chi connectivity index (χ0) is 15.0. The summed E-state index contributed by atoms with van der Waals surface area (Å²) in [6.07, 6.45) is 1.97. The van der Waals surface area contributed by atoms with Gasteiger partial charge in [0.1, 0.15) is 11.6 Å². The average Bonchev–Trinajstić information content (AvgIpc) is 3.03. The van der Waals surface area contributed by atoms with Crippen LogP contribution in [-0.2, 0) is 13.0 Å². The van der Waals surface area contributed by atoms with Crippen LogP contribution in [-0.4, -0.2) is 20.7 Å². The van der Waals surface area contributed by atoms with E-state index in [4.69, 9.17) is 0 Å². The molecule has 1 aromatic carbocycles. The number of rotatable bonds is 3. The van der Waals surface area contributed by atoms with Crippen molar-refractivity contribution >= 4 is 21.8 Å². The molecule has 1 aromatic heterocycles. The topological polar surface area (TPSA) is 59.8 Å². The first kappa shape index (κ1) is 14.2. The summed E-state index contributed by atoms with van der Waals surface area (Å²) in [7, 11) is 0. The molecule has 1 aliphatic rings. The monoisotopic (exact) mass is 352 g/mol. The quantitative estimate of drug-likeness (QED) is 0.923. The molecule has 3 rings (SSSR count). The van der Waals surface area contributed by atoms with Gasteiger partial charge in [0.25, 0.3) is 5.91 Å². The first-order valence-corrected chi connectivity index (χ1v) is 7.54. The second-order valence-corrected chi connectivity index (χ2v) is 5.82. The maximum Gasteiger partial charge on any atom is 0.253 e. The first-order chi connectivity index (χ1) is 10.1. The third-order valence-electron chi connectivity index (χ3n) is 3.57. The second-order valence-electron chi connectivity index (χ2n) is 5.03. The molecule has 1 aliphatic heterocycles. The number of fused-ring (bicyclic) bond motifs is 1. The Labute approximate surface area is 129 Å². The Hall–Kier alpha value is -1.76. The van der Waals surface area contributed by atoms with Crippen LogP contribution in [0.5, 0.6) is 0 Å². The summed E-state index contributed by atoms with van der Waals surface area (Å²) in [6, 6.07) is 4.10. The number of nitrogens with zero attached hydrogens (tertiary/aromatic N) is 3. The molecule has 0 fully saturated rings. The van der Waals surface area contributed by atoms with Gasteiger partial charge in [-0.2, -0.15) is 0 Å². The van der Waals surface area contributed by atoms with E-state index in [2.05, 4.69) is 31.4 Å². The zero-order valence-corrected chi connectivity index (χ0v) is 13.0. The van der Waals surface area contributed by atoms with E-state index in [-0.39, 0.29) is 22.0 Å². The molecule has 1 N–H and O–H groups in total. The molecule has 0 bridgehead atoms. The molecule has 5 nitrogen and oxygen atoms in total. The Balaban J connectivity index is 1.79. The van der Waals surface area contributed by atoms with Gasteiger partial charge < -0.3 is 9.88 Å². The van der Waals surface area contributed by atoms with Crippen molar-refractivity contribution in [3.8, 4) is 0 Å². The standard InChI is InChI=1S/C14H14BrFN4O/c1-8(13-19-18-11-6-3-7-20(11)13)17-14(21)9-4-2-5-10(16)12(9)15/h2,4-5,8H,3,6-7H2,1H3,(H,17,21). The number of carbonyl (C=O) groups excluding carboxylic acids is 1. The lowest BCUT2D eigenvalue weighted by atomic mass is 10.2. The number of hydrogen-bond donors (Lipinski definition) is 1. The van der Waals surface area contributed by atoms with Gasteiger partial charge in [-0.1, -0.05) is 6.07 Å². The van der Waals surface area contributed by atoms with E-state index in [9.17, 15) is 9.18 Å². The molecular weight excluding hydrogens is 339 g/mol. The molecule has 21 heavy (non-hydrogen) atoms. The fraction of sp³-hybridized carbons (Fsp3) is 0.357. The van der Waals surface area contributed by atoms with E-state index in [1.807, 2.05) is 11.5 Å². The van der Waals surface area contributed by atoms with Crippen LogP contribution in [0, 0.1) is 5.82 Å². The third kappa shape index (κ3) is 2.57. The summed E-state index contributed by atoms with van der Waals surface area (Å²) in [5.41, 5.74) is 0.267. The van der Waals surface area contributed by atoms with E-state index >= 15 is 0 Å². The zero-order valence-electron chi connectivity index (χ0n) is 11.4. The smallest absolute Gasteiger partial charge is 0.253 e. The number of amides is 1. The molecular formula is C14H14BrFN4O. The molecule has 2 aromatic rings. The van der Waals surface area contributed by atoms with Gasteiger partial charge in [-0.15, -0.1) is 10.2 Å². The van der Waals surface area contributed by atoms with Gasteiger partial charge in [0.2, 0.25) is 0 Å². The van der Waals surface area contributed by atoms with Gasteiger partial charge in [0.05, 0.1) is 16.1 Å². The van der Waals surface area contributed by atoms with Gasteiger partial charge in [0, 0.05) is 13.0 Å². The van der Waals surface area contributed by atoms with Crippen molar-refractivity contribution in [2.24, 2.45) is 0 Å². The molecule has 110 valence electrons. The Bertz CT molecular complexity index is 700. The van der Waals surface area contributed by atoms with Crippen molar-refractivity contribution in [2.75, 3.05) is 0 Å². The van der Waals surface area contributed by atoms with Gasteiger partial charge in [0.15, 0.2) is 5.82 Å². The summed E-state index contributed by atoms with van der Waals surface area (Å²) >= 11 is 3.10. The molecule has 0 radical (unpaired) electrons. The number of aryl methyl sites for hydroxylation is 1. The minimum atomic E-state index is -0.460. The molecule has 1 unspecified atom stereocenters. The summed E-state index contributed by atoms with van der Waals surface area (Å²) in [4.78, 5) is 12.3. The molecule has 0 saturated carbocycles. The minimum Gasteiger partial charge on any atom is -0.342 e. The molecule has 7 heteroatoms. The van der Waals surface area contributed by atoms with Crippen molar-refractivity contribution in [1.29, 1.82) is 0 Å². The highest BCUT2D eigenvalue weighted by Crippen LogP contribution is 2.22. The van der Waals surface area contributed by atoms with Crippen molar-refractivity contribution in [1.82, 2.24) is 20.1 Å². The molecule has 0 aliphatic carbocycles. The van der Waals surface area contributed by atoms with Crippen molar-refractivity contribution in [3.05, 3.63) is 45.7 Å². The van der Waals surface area contributed by atoms with E-state index < -0.39 is 5.82 Å². The van der Waals surface area contributed by atoms with E-state index in [0.29, 0.717) is 0 Å². The number of aromatic nitrogens is 3. The Morgan fingerprint density at radius 3 is 3.10 bits per heavy atom. The fourth-order valence-electron chi connectivity index (χ4n) is 2.51. The normalized spacial score (nSPS) is 14.8. The Kier molecular flexibility index (Phi) is 3.75. The van der Waals surface area contributed by atoms with Gasteiger partial charge in [-0.25, -0.2) is 4.39 Å². The molecule has 1 amide bonds. The van der Waals surface area contributed by atoms with Crippen LogP contribution in [0.25, 0.3) is 0 Å². The number of benzene rings is 1. The van der Waals surface area contributed by atoms with Crippen molar-refractivity contribution < 1.29 is 9.18 Å². The van der Waals surface area contributed by atoms with E-state index in [1.54, 1.807) is 6.07 Å². The lowest BCUT2D eigenvalue weighted by Crippen LogP contribution is -2.29. The average molecular weight is 353 g/mol. The van der Waals surface area contributed by atoms with Crippen LogP contribution >= 0.6 is 15.9 Å². The van der Waals surface area contributed by atoms with Crippen LogP contribution in [0.3, 0.4) is 0 Å². The highest BCUT2D eigenvalue weighted by molar-refractivity contribution is 9.10. The fourth-order valence-corrected chi connectivity index (χ4v) is 2.96. The van der Waals surface area contributed by atoms with Crippen LogP contribution in [0.2, 0.25) is 0 Å². The van der Waals surface area contributed by atoms with E-state index in [1.165, 1.54) is 12.1 Å². The van der Waals surface area contributed by atoms with Crippen LogP contribution in [0.4, 0.5) is 4.39 Å². The van der Waals surface area contributed by atoms with Gasteiger partial charge in [-0.3, -0.25) is 4.79 Å². The Morgan fingerprint density at radius 1 is 1.48 bits per heavy atom. The SMILES string of the molecule is CC(NC(=O)c1cccc(F)c1Br)c1nnc2n1CCC2. The van der Waals surface area contributed by atoms with Crippen LogP contribution < -0.4 is 5.32 Å². The maximum absolute atomic E-state index is 13.5. The van der Waals surface area contributed by atoms with Crippen LogP contribution in [0.15, 0.2) is 22.7 Å². The molecule has 1 atom stereocenters. The van der Waals surface area contributed by atoms with E-state index in [0.717, 1.165) is 31.0 Å².